The molecule has 0 unspecified atom stereocenters. The van der Waals surface area contributed by atoms with Gasteiger partial charge in [0.2, 0.25) is 10.4 Å². The number of ether oxygens (including phenoxy) is 1. The van der Waals surface area contributed by atoms with E-state index >= 15 is 0 Å². The fourth-order valence-electron chi connectivity index (χ4n) is 5.00. The summed E-state index contributed by atoms with van der Waals surface area (Å²) in [4.78, 5) is 39.4. The highest BCUT2D eigenvalue weighted by Gasteiger charge is 2.57. The number of carbonyl (C=O) groups excluding carboxylic acids is 2. The lowest BCUT2D eigenvalue weighted by Crippen LogP contribution is -2.76. The van der Waals surface area contributed by atoms with Gasteiger partial charge >= 0.3 is 0 Å². The Morgan fingerprint density at radius 3 is 2.69 bits per heavy atom. The minimum atomic E-state index is -5.22. The van der Waals surface area contributed by atoms with E-state index in [-0.39, 0.29) is 36.3 Å². The first-order valence-electron chi connectivity index (χ1n) is 14.7. The van der Waals surface area contributed by atoms with Crippen LogP contribution in [-0.4, -0.2) is 100 Å². The monoisotopic (exact) mass is 710 g/mol. The number of carbonyl (C=O) groups is 2. The SMILES string of the molecule is CC1(C)[C@H](NC(=O)/C(=N\OCCOc2ccc(-[n+]3cc(CCCN)n(CC4(F)CNC4)c3)nc2)c2csc(N)n2)C(=O)N1OS(=O)(=O)[O-]. The molecule has 3 aromatic heterocycles. The van der Waals surface area contributed by atoms with E-state index in [9.17, 15) is 27.0 Å². The third-order valence-corrected chi connectivity index (χ3v) is 8.58. The molecule has 0 radical (unpaired) electrons. The van der Waals surface area contributed by atoms with Crippen molar-refractivity contribution in [2.75, 3.05) is 38.6 Å². The molecule has 18 nitrogen and oxygen atoms in total. The molecule has 48 heavy (non-hydrogen) atoms. The van der Waals surface area contributed by atoms with Crippen molar-refractivity contribution in [3.05, 3.63) is 47.6 Å². The highest BCUT2D eigenvalue weighted by atomic mass is 32.3. The number of nitrogens with two attached hydrogens (primary N) is 2. The molecule has 2 aliphatic heterocycles. The minimum Gasteiger partial charge on any atom is -0.724 e. The van der Waals surface area contributed by atoms with E-state index in [1.54, 1.807) is 12.1 Å². The molecule has 2 aliphatic rings. The Labute approximate surface area is 278 Å². The highest BCUT2D eigenvalue weighted by molar-refractivity contribution is 7.80. The second-order valence-corrected chi connectivity index (χ2v) is 13.5. The van der Waals surface area contributed by atoms with E-state index in [0.29, 0.717) is 42.7 Å². The number of nitrogens with one attached hydrogen (secondary N) is 2. The van der Waals surface area contributed by atoms with Crippen molar-refractivity contribution in [1.82, 2.24) is 30.2 Å². The summed E-state index contributed by atoms with van der Waals surface area (Å²) < 4.78 is 61.3. The zero-order valence-corrected chi connectivity index (χ0v) is 27.6. The topological polar surface area (TPSA) is 245 Å². The maximum atomic E-state index is 14.8. The molecule has 0 saturated carbocycles. The molecule has 6 N–H and O–H groups in total. The fraction of sp³-hybridized carbons (Fsp3) is 0.481. The quantitative estimate of drug-likeness (QED) is 0.0257. The second kappa shape index (κ2) is 14.1. The van der Waals surface area contributed by atoms with Gasteiger partial charge in [-0.15, -0.1) is 16.3 Å². The van der Waals surface area contributed by atoms with Crippen molar-refractivity contribution in [2.24, 2.45) is 10.9 Å². The van der Waals surface area contributed by atoms with Crippen LogP contribution in [-0.2, 0) is 42.1 Å². The average molecular weight is 711 g/mol. The molecule has 0 aromatic carbocycles. The van der Waals surface area contributed by atoms with Gasteiger partial charge in [0.25, 0.3) is 17.6 Å². The van der Waals surface area contributed by atoms with E-state index in [1.165, 1.54) is 25.4 Å². The van der Waals surface area contributed by atoms with Gasteiger partial charge in [-0.1, -0.05) is 5.16 Å². The number of amides is 2. The molecule has 21 heteroatoms. The number of hydrogen-bond acceptors (Lipinski definition) is 15. The van der Waals surface area contributed by atoms with E-state index in [4.69, 9.17) is 21.0 Å². The van der Waals surface area contributed by atoms with E-state index < -0.39 is 39.5 Å². The number of nitrogens with zero attached hydrogens (tertiary/aromatic N) is 6. The Balaban J connectivity index is 1.17. The van der Waals surface area contributed by atoms with Gasteiger partial charge in [-0.05, 0) is 32.9 Å². The van der Waals surface area contributed by atoms with Gasteiger partial charge in [0.1, 0.15) is 43.0 Å². The lowest BCUT2D eigenvalue weighted by Gasteiger charge is -2.51. The minimum absolute atomic E-state index is 0.0160. The molecular weight excluding hydrogens is 675 g/mol. The zero-order valence-electron chi connectivity index (χ0n) is 26.0. The molecule has 2 saturated heterocycles. The summed E-state index contributed by atoms with van der Waals surface area (Å²) in [6, 6.07) is 2.21. The van der Waals surface area contributed by atoms with Gasteiger partial charge in [0.05, 0.1) is 5.54 Å². The van der Waals surface area contributed by atoms with Crippen molar-refractivity contribution in [1.29, 1.82) is 0 Å². The molecule has 2 amide bonds. The summed E-state index contributed by atoms with van der Waals surface area (Å²) in [5, 5.41) is 11.3. The molecule has 3 aromatic rings. The summed E-state index contributed by atoms with van der Waals surface area (Å²) in [6.07, 6.45) is 6.71. The molecule has 0 aliphatic carbocycles. The number of hydrogen-bond donors (Lipinski definition) is 4. The van der Waals surface area contributed by atoms with Crippen molar-refractivity contribution in [3.63, 3.8) is 0 Å². The number of halogens is 1. The number of β-lactam (4-membered cyclic amide) rings is 1. The maximum Gasteiger partial charge on any atom is 0.276 e. The Hall–Kier alpha value is -4.28. The van der Waals surface area contributed by atoms with Crippen LogP contribution >= 0.6 is 11.3 Å². The van der Waals surface area contributed by atoms with Gasteiger partial charge in [-0.2, -0.15) is 9.35 Å². The van der Waals surface area contributed by atoms with Crippen LogP contribution in [0.15, 0.2) is 41.4 Å². The van der Waals surface area contributed by atoms with Gasteiger partial charge in [-0.25, -0.2) is 22.4 Å². The predicted molar refractivity (Wildman–Crippen MR) is 166 cm³/mol. The summed E-state index contributed by atoms with van der Waals surface area (Å²) in [7, 11) is -5.22. The van der Waals surface area contributed by atoms with E-state index in [1.807, 2.05) is 21.7 Å². The first-order valence-corrected chi connectivity index (χ1v) is 16.9. The number of alkyl halides is 1. The molecule has 5 heterocycles. The summed E-state index contributed by atoms with van der Waals surface area (Å²) in [6.45, 7) is 4.07. The standard InChI is InChI=1S/C27H35FN10O8S2/c1-26(2)22(24(40)38(26)46-48(41,42)43)34-23(39)21(19-12-47-25(30)33-19)35-45-9-8-44-18-5-6-20(32-10-18)36-11-17(4-3-7-29)37(16-36)15-27(28)13-31-14-27/h5-6,10-12,16,22,31H,3-4,7-9,13-15,29H2,1-2H3,(H3-,30,33,34,39,41,42,43)/b35-21-/t22-/m1/s1. The number of hydroxylamine groups is 2. The fourth-order valence-corrected chi connectivity index (χ4v) is 6.00. The number of oxime groups is 1. The number of nitrogen functional groups attached to an aromatic ring is 1. The third-order valence-electron chi connectivity index (χ3n) is 7.58. The Morgan fingerprint density at radius 2 is 2.10 bits per heavy atom. The van der Waals surface area contributed by atoms with Crippen LogP contribution < -0.4 is 31.4 Å². The number of rotatable bonds is 16. The summed E-state index contributed by atoms with van der Waals surface area (Å²) in [5.41, 5.74) is 9.44. The number of pyridine rings is 1. The predicted octanol–water partition coefficient (Wildman–Crippen LogP) is -1.30. The number of thiazole rings is 1. The highest BCUT2D eigenvalue weighted by Crippen LogP contribution is 2.33. The Morgan fingerprint density at radius 1 is 1.33 bits per heavy atom. The zero-order chi connectivity index (χ0) is 34.7. The van der Waals surface area contributed by atoms with Crippen molar-refractivity contribution in [2.45, 2.75) is 50.5 Å². The largest absolute Gasteiger partial charge is 0.724 e. The Kier molecular flexibility index (Phi) is 10.3. The van der Waals surface area contributed by atoms with E-state index in [2.05, 4.69) is 30.0 Å². The van der Waals surface area contributed by atoms with Gasteiger partial charge in [-0.3, -0.25) is 14.2 Å². The van der Waals surface area contributed by atoms with Crippen molar-refractivity contribution < 1.29 is 45.4 Å². The number of imidazole rings is 1. The van der Waals surface area contributed by atoms with Crippen molar-refractivity contribution >= 4 is 44.4 Å². The molecule has 5 rings (SSSR count). The molecule has 0 bridgehead atoms. The van der Waals surface area contributed by atoms with Crippen LogP contribution in [0.1, 0.15) is 31.7 Å². The summed E-state index contributed by atoms with van der Waals surface area (Å²) >= 11 is 1.04. The van der Waals surface area contributed by atoms with Crippen LogP contribution in [0.25, 0.3) is 5.82 Å². The molecule has 260 valence electrons. The lowest BCUT2D eigenvalue weighted by molar-refractivity contribution is -0.599. The molecule has 2 fully saturated rings. The maximum absolute atomic E-state index is 14.8. The smallest absolute Gasteiger partial charge is 0.276 e. The first kappa shape index (κ1) is 35.0. The van der Waals surface area contributed by atoms with Gasteiger partial charge in [0, 0.05) is 31.0 Å². The normalized spacial score (nSPS) is 18.6. The van der Waals surface area contributed by atoms with Crippen LogP contribution in [0.2, 0.25) is 0 Å². The first-order chi connectivity index (χ1) is 22.7. The molecule has 0 spiro atoms. The second-order valence-electron chi connectivity index (χ2n) is 11.6. The lowest BCUT2D eigenvalue weighted by atomic mass is 9.84. The Bertz CT molecular complexity index is 1780. The summed E-state index contributed by atoms with van der Waals surface area (Å²) in [5.74, 6) is -0.797. The number of aryl methyl sites for hydroxylation is 1. The van der Waals surface area contributed by atoms with Crippen molar-refractivity contribution in [3.8, 4) is 11.6 Å². The van der Waals surface area contributed by atoms with Crippen LogP contribution in [0.4, 0.5) is 9.52 Å². The number of anilines is 1. The van der Waals surface area contributed by atoms with Gasteiger partial charge < -0.3 is 36.2 Å². The van der Waals surface area contributed by atoms with Crippen LogP contribution in [0.3, 0.4) is 0 Å². The van der Waals surface area contributed by atoms with E-state index in [0.717, 1.165) is 23.5 Å². The van der Waals surface area contributed by atoms with Crippen LogP contribution in [0, 0.1) is 0 Å². The molecule has 1 atom stereocenters. The average Bonchev–Trinajstić information content (AvgIpc) is 3.63. The van der Waals surface area contributed by atoms with Gasteiger partial charge in [0.15, 0.2) is 35.2 Å². The number of aromatic nitrogens is 4. The molecular formula is C27H35FN10O8S2. The third kappa shape index (κ3) is 8.05. The van der Waals surface area contributed by atoms with Crippen LogP contribution in [0.5, 0.6) is 5.75 Å².